The van der Waals surface area contributed by atoms with Crippen molar-refractivity contribution in [1.29, 1.82) is 0 Å². The van der Waals surface area contributed by atoms with Crippen LogP contribution < -0.4 is 0 Å². The van der Waals surface area contributed by atoms with Crippen molar-refractivity contribution in [3.63, 3.8) is 0 Å². The lowest BCUT2D eigenvalue weighted by Gasteiger charge is -2.06. The first kappa shape index (κ1) is 14.7. The molecule has 0 fully saturated rings. The summed E-state index contributed by atoms with van der Waals surface area (Å²) in [4.78, 5) is 11.9. The maximum Gasteiger partial charge on any atom is 0.0931 e. The third kappa shape index (κ3) is 3.63. The predicted octanol–water partition coefficient (Wildman–Crippen LogP) is 5.08. The third-order valence-electron chi connectivity index (χ3n) is 3.32. The summed E-state index contributed by atoms with van der Waals surface area (Å²) in [6.45, 7) is 11.0. The number of hydrogen-bond donors (Lipinski definition) is 0. The summed E-state index contributed by atoms with van der Waals surface area (Å²) < 4.78 is 0. The molecule has 0 amide bonds. The molecular weight excluding hydrogens is 272 g/mol. The molecule has 2 heterocycles. The average Bonchev–Trinajstić information content (AvgIpc) is 2.92. The van der Waals surface area contributed by atoms with Crippen LogP contribution >= 0.6 is 22.7 Å². The van der Waals surface area contributed by atoms with Crippen LogP contribution in [0, 0.1) is 13.8 Å². The highest BCUT2D eigenvalue weighted by atomic mass is 32.1. The molecule has 104 valence electrons. The molecule has 19 heavy (non-hydrogen) atoms. The quantitative estimate of drug-likeness (QED) is 0.769. The van der Waals surface area contributed by atoms with Gasteiger partial charge in [-0.3, -0.25) is 0 Å². The van der Waals surface area contributed by atoms with Crippen LogP contribution in [0.25, 0.3) is 0 Å². The first-order valence-corrected chi connectivity index (χ1v) is 8.49. The molecule has 1 atom stereocenters. The zero-order valence-corrected chi connectivity index (χ0v) is 14.0. The summed E-state index contributed by atoms with van der Waals surface area (Å²) in [7, 11) is 0. The lowest BCUT2D eigenvalue weighted by atomic mass is 10.1. The molecule has 2 nitrogen and oxygen atoms in total. The monoisotopic (exact) mass is 294 g/mol. The molecule has 0 bridgehead atoms. The Labute approximate surface area is 123 Å². The Morgan fingerprint density at radius 2 is 1.89 bits per heavy atom. The van der Waals surface area contributed by atoms with Crippen molar-refractivity contribution >= 4 is 22.7 Å². The summed E-state index contributed by atoms with van der Waals surface area (Å²) in [5.41, 5.74) is 1.22. The standard InChI is InChI=1S/C15H22N2S2/c1-9(2)15-11(4)17-14(19-15)7-6-10(3)13-8-16-12(5)18-13/h8-10H,6-7H2,1-5H3. The summed E-state index contributed by atoms with van der Waals surface area (Å²) in [6.07, 6.45) is 4.26. The normalized spacial score (nSPS) is 13.2. The van der Waals surface area contributed by atoms with Crippen LogP contribution in [0.2, 0.25) is 0 Å². The first-order valence-electron chi connectivity index (χ1n) is 6.86. The van der Waals surface area contributed by atoms with Crippen LogP contribution in [0.4, 0.5) is 0 Å². The van der Waals surface area contributed by atoms with Crippen molar-refractivity contribution in [1.82, 2.24) is 9.97 Å². The van der Waals surface area contributed by atoms with Crippen molar-refractivity contribution < 1.29 is 0 Å². The van der Waals surface area contributed by atoms with E-state index >= 15 is 0 Å². The molecule has 0 aliphatic carbocycles. The van der Waals surface area contributed by atoms with E-state index in [9.17, 15) is 0 Å². The van der Waals surface area contributed by atoms with Gasteiger partial charge in [0.25, 0.3) is 0 Å². The smallest absolute Gasteiger partial charge is 0.0931 e. The molecule has 1 unspecified atom stereocenters. The number of thiazole rings is 2. The van der Waals surface area contributed by atoms with Crippen molar-refractivity contribution in [3.05, 3.63) is 31.7 Å². The second-order valence-electron chi connectivity index (χ2n) is 5.43. The Bertz CT molecular complexity index is 540. The molecule has 0 radical (unpaired) electrons. The van der Waals surface area contributed by atoms with E-state index in [2.05, 4.69) is 39.6 Å². The van der Waals surface area contributed by atoms with Crippen molar-refractivity contribution in [2.24, 2.45) is 0 Å². The highest BCUT2D eigenvalue weighted by Gasteiger charge is 2.13. The Kier molecular flexibility index (Phi) is 4.74. The van der Waals surface area contributed by atoms with Crippen LogP contribution in [-0.4, -0.2) is 9.97 Å². The highest BCUT2D eigenvalue weighted by Crippen LogP contribution is 2.30. The van der Waals surface area contributed by atoms with Gasteiger partial charge in [0.15, 0.2) is 0 Å². The predicted molar refractivity (Wildman–Crippen MR) is 84.5 cm³/mol. The van der Waals surface area contributed by atoms with Crippen LogP contribution in [0.5, 0.6) is 0 Å². The van der Waals surface area contributed by atoms with E-state index in [1.54, 1.807) is 0 Å². The largest absolute Gasteiger partial charge is 0.250 e. The van der Waals surface area contributed by atoms with Crippen LogP contribution in [0.3, 0.4) is 0 Å². The second kappa shape index (κ2) is 6.14. The van der Waals surface area contributed by atoms with Crippen molar-refractivity contribution in [3.8, 4) is 0 Å². The fourth-order valence-corrected chi connectivity index (χ4v) is 4.15. The van der Waals surface area contributed by atoms with E-state index in [0.717, 1.165) is 17.8 Å². The molecule has 2 aromatic rings. The second-order valence-corrected chi connectivity index (χ2v) is 7.81. The van der Waals surface area contributed by atoms with Gasteiger partial charge in [0.1, 0.15) is 0 Å². The lowest BCUT2D eigenvalue weighted by molar-refractivity contribution is 0.686. The molecule has 2 aromatic heterocycles. The lowest BCUT2D eigenvalue weighted by Crippen LogP contribution is -1.93. The van der Waals surface area contributed by atoms with E-state index < -0.39 is 0 Å². The summed E-state index contributed by atoms with van der Waals surface area (Å²) >= 11 is 3.70. The minimum absolute atomic E-state index is 0.581. The average molecular weight is 294 g/mol. The molecule has 0 spiro atoms. The topological polar surface area (TPSA) is 25.8 Å². The zero-order chi connectivity index (χ0) is 14.0. The van der Waals surface area contributed by atoms with Gasteiger partial charge in [0.2, 0.25) is 0 Å². The van der Waals surface area contributed by atoms with Crippen LogP contribution in [0.1, 0.15) is 64.5 Å². The van der Waals surface area contributed by atoms with E-state index in [1.807, 2.05) is 28.9 Å². The molecule has 0 saturated heterocycles. The van der Waals surface area contributed by atoms with Gasteiger partial charge in [0, 0.05) is 16.0 Å². The summed E-state index contributed by atoms with van der Waals surface area (Å²) in [6, 6.07) is 0. The molecule has 0 aliphatic heterocycles. The van der Waals surface area contributed by atoms with Gasteiger partial charge < -0.3 is 0 Å². The molecule has 2 rings (SSSR count). The van der Waals surface area contributed by atoms with E-state index in [4.69, 9.17) is 4.98 Å². The van der Waals surface area contributed by atoms with Crippen molar-refractivity contribution in [2.75, 3.05) is 0 Å². The molecular formula is C15H22N2S2. The fourth-order valence-electron chi connectivity index (χ4n) is 2.20. The highest BCUT2D eigenvalue weighted by molar-refractivity contribution is 7.12. The van der Waals surface area contributed by atoms with Gasteiger partial charge in [-0.05, 0) is 38.5 Å². The fraction of sp³-hybridized carbons (Fsp3) is 0.600. The molecule has 0 saturated carbocycles. The molecule has 0 aliphatic rings. The van der Waals surface area contributed by atoms with Gasteiger partial charge in [-0.15, -0.1) is 22.7 Å². The number of rotatable bonds is 5. The first-order chi connectivity index (χ1) is 8.97. The maximum atomic E-state index is 4.71. The Hall–Kier alpha value is -0.740. The van der Waals surface area contributed by atoms with E-state index in [-0.39, 0.29) is 0 Å². The van der Waals surface area contributed by atoms with E-state index in [1.165, 1.54) is 20.5 Å². The number of nitrogens with zero attached hydrogens (tertiary/aromatic N) is 2. The number of aromatic nitrogens is 2. The third-order valence-corrected chi connectivity index (χ3v) is 5.98. The van der Waals surface area contributed by atoms with Gasteiger partial charge >= 0.3 is 0 Å². The molecule has 0 N–H and O–H groups in total. The maximum absolute atomic E-state index is 4.71. The number of aryl methyl sites for hydroxylation is 3. The minimum atomic E-state index is 0.581. The SMILES string of the molecule is Cc1ncc(C(C)CCc2nc(C)c(C(C)C)s2)s1. The minimum Gasteiger partial charge on any atom is -0.250 e. The van der Waals surface area contributed by atoms with Crippen LogP contribution in [-0.2, 0) is 6.42 Å². The summed E-state index contributed by atoms with van der Waals surface area (Å²) in [5, 5.41) is 2.45. The summed E-state index contributed by atoms with van der Waals surface area (Å²) in [5.74, 6) is 1.17. The Morgan fingerprint density at radius 3 is 2.42 bits per heavy atom. The Balaban J connectivity index is 1.97. The number of hydrogen-bond acceptors (Lipinski definition) is 4. The van der Waals surface area contributed by atoms with Crippen LogP contribution in [0.15, 0.2) is 6.20 Å². The molecule has 0 aromatic carbocycles. The zero-order valence-electron chi connectivity index (χ0n) is 12.4. The van der Waals surface area contributed by atoms with Crippen molar-refractivity contribution in [2.45, 2.75) is 59.3 Å². The molecule has 4 heteroatoms. The Morgan fingerprint density at radius 1 is 1.16 bits per heavy atom. The van der Waals surface area contributed by atoms with E-state index in [0.29, 0.717) is 11.8 Å². The van der Waals surface area contributed by atoms with Gasteiger partial charge in [-0.1, -0.05) is 20.8 Å². The van der Waals surface area contributed by atoms with Gasteiger partial charge in [-0.2, -0.15) is 0 Å². The van der Waals surface area contributed by atoms with Gasteiger partial charge in [0.05, 0.1) is 15.7 Å². The van der Waals surface area contributed by atoms with Gasteiger partial charge in [-0.25, -0.2) is 9.97 Å².